The van der Waals surface area contributed by atoms with Crippen LogP contribution in [0.25, 0.3) is 0 Å². The summed E-state index contributed by atoms with van der Waals surface area (Å²) in [6.45, 7) is 1.51. The topological polar surface area (TPSA) is 72.3 Å². The maximum Gasteiger partial charge on any atom is 0.206 e. The Labute approximate surface area is 85.0 Å². The van der Waals surface area contributed by atoms with Gasteiger partial charge in [0, 0.05) is 1.37 Å². The average molecular weight is 186 g/mol. The van der Waals surface area contributed by atoms with Crippen molar-refractivity contribution in [3.8, 4) is 12.4 Å². The molecule has 0 aromatic carbocycles. The summed E-state index contributed by atoms with van der Waals surface area (Å²) in [5.41, 5.74) is 1.44. The van der Waals surface area contributed by atoms with Crippen molar-refractivity contribution in [2.24, 2.45) is 9.98 Å². The molecule has 68 valence electrons. The molecule has 0 atom stereocenters. The molecular weight excluding hydrogens is 176 g/mol. The molecule has 1 aliphatic rings. The highest BCUT2D eigenvalue weighted by Gasteiger charge is 2.10. The number of hydrogen-bond acceptors (Lipinski definition) is 4. The Bertz CT molecular complexity index is 512. The second-order valence-corrected chi connectivity index (χ2v) is 2.59. The quantitative estimate of drug-likeness (QED) is 0.427. The Hall–Kier alpha value is -2.20. The fourth-order valence-corrected chi connectivity index (χ4v) is 0.986. The van der Waals surface area contributed by atoms with Gasteiger partial charge in [0.05, 0.1) is 12.8 Å². The van der Waals surface area contributed by atoms with Crippen molar-refractivity contribution in [2.45, 2.75) is 13.8 Å². The second-order valence-electron chi connectivity index (χ2n) is 2.59. The van der Waals surface area contributed by atoms with Crippen molar-refractivity contribution >= 4 is 11.4 Å². The van der Waals surface area contributed by atoms with E-state index in [0.29, 0.717) is 16.9 Å². The van der Waals surface area contributed by atoms with Crippen LogP contribution in [0.4, 0.5) is 0 Å². The molecule has 14 heavy (non-hydrogen) atoms. The van der Waals surface area contributed by atoms with E-state index in [9.17, 15) is 0 Å². The largest absolute Gasteiger partial charge is 0.206 e. The van der Waals surface area contributed by atoms with Crippen LogP contribution < -0.4 is 0 Å². The number of aliphatic imine (C=N–C) groups is 2. The van der Waals surface area contributed by atoms with Crippen molar-refractivity contribution in [1.29, 1.82) is 10.5 Å². The first-order chi connectivity index (χ1) is 7.65. The predicted molar refractivity (Wildman–Crippen MR) is 53.6 cm³/mol. The molecule has 4 nitrogen and oxygen atoms in total. The summed E-state index contributed by atoms with van der Waals surface area (Å²) in [6.07, 6.45) is 4.80. The van der Waals surface area contributed by atoms with Crippen molar-refractivity contribution in [2.75, 3.05) is 0 Å². The number of hydrogen-bond donors (Lipinski definition) is 0. The van der Waals surface area contributed by atoms with Crippen LogP contribution in [-0.4, -0.2) is 11.4 Å². The lowest BCUT2D eigenvalue weighted by Crippen LogP contribution is -2.10. The highest BCUT2D eigenvalue weighted by Crippen LogP contribution is 2.13. The maximum atomic E-state index is 8.48. The normalized spacial score (nSPS) is 23.8. The third-order valence-corrected chi connectivity index (χ3v) is 1.64. The van der Waals surface area contributed by atoms with E-state index in [2.05, 4.69) is 9.98 Å². The zero-order chi connectivity index (χ0) is 12.1. The van der Waals surface area contributed by atoms with Gasteiger partial charge in [-0.1, -0.05) is 0 Å². The monoisotopic (exact) mass is 186 g/mol. The van der Waals surface area contributed by atoms with Gasteiger partial charge in [0.15, 0.2) is 0 Å². The molecule has 0 bridgehead atoms. The molecule has 0 fully saturated rings. The molecule has 0 amide bonds. The lowest BCUT2D eigenvalue weighted by atomic mass is 9.98. The highest BCUT2D eigenvalue weighted by molar-refractivity contribution is 6.23. The minimum Gasteiger partial charge on any atom is -0.173 e. The van der Waals surface area contributed by atoms with Gasteiger partial charge in [-0.2, -0.15) is 20.5 Å². The molecule has 0 aliphatic heterocycles. The van der Waals surface area contributed by atoms with Crippen LogP contribution in [0.2, 0.25) is 0 Å². The van der Waals surface area contributed by atoms with E-state index >= 15 is 0 Å². The first-order valence-electron chi connectivity index (χ1n) is 4.98. The third kappa shape index (κ3) is 1.94. The number of rotatable bonds is 0. The Kier molecular flexibility index (Phi) is 2.14. The van der Waals surface area contributed by atoms with Crippen LogP contribution in [0.3, 0.4) is 0 Å². The third-order valence-electron chi connectivity index (χ3n) is 1.64. The molecule has 4 heteroatoms. The molecule has 0 heterocycles. The molecule has 0 radical (unpaired) electrons. The predicted octanol–water partition coefficient (Wildman–Crippen LogP) is 1.74. The Morgan fingerprint density at radius 1 is 1.29 bits per heavy atom. The van der Waals surface area contributed by atoms with Crippen molar-refractivity contribution in [3.05, 3.63) is 23.3 Å². The first kappa shape index (κ1) is 7.23. The van der Waals surface area contributed by atoms with Crippen LogP contribution >= 0.6 is 0 Å². The van der Waals surface area contributed by atoms with Crippen LogP contribution in [0.15, 0.2) is 33.3 Å². The average Bonchev–Trinajstić information content (AvgIpc) is 2.25. The lowest BCUT2D eigenvalue weighted by Gasteiger charge is -2.09. The van der Waals surface area contributed by atoms with E-state index in [-0.39, 0.29) is 18.7 Å². The fourth-order valence-electron chi connectivity index (χ4n) is 0.986. The molecule has 0 saturated carbocycles. The summed E-state index contributed by atoms with van der Waals surface area (Å²) in [5.74, 6) is 0. The van der Waals surface area contributed by atoms with Gasteiger partial charge in [-0.25, -0.2) is 0 Å². The molecule has 0 spiro atoms. The number of nitrogens with zero attached hydrogens (tertiary/aromatic N) is 4. The van der Waals surface area contributed by atoms with Gasteiger partial charge in [-0.15, -0.1) is 0 Å². The first-order valence-corrected chi connectivity index (χ1v) is 3.77. The second kappa shape index (κ2) is 4.15. The van der Waals surface area contributed by atoms with E-state index in [1.165, 1.54) is 0 Å². The Balaban J connectivity index is 3.40. The van der Waals surface area contributed by atoms with Gasteiger partial charge in [0.25, 0.3) is 0 Å². The standard InChI is InChI=1S/C10H8N4/c1-7-3-10(14-6-12)8(2)4-9(7)13-5-11/h3-4H,1-2H3/i1D,3D. The number of allylic oxidation sites excluding steroid dienone is 4. The summed E-state index contributed by atoms with van der Waals surface area (Å²) in [6, 6.07) is -0.00875. The van der Waals surface area contributed by atoms with Crippen LogP contribution in [-0.2, 0) is 0 Å². The summed E-state index contributed by atoms with van der Waals surface area (Å²) in [5, 5.41) is 17.0. The molecule has 0 unspecified atom stereocenters. The SMILES string of the molecule is [2H]CC1=C([2H])C(=NC#N)C(C)=CC1=NC#N. The van der Waals surface area contributed by atoms with Crippen molar-refractivity contribution < 1.29 is 2.74 Å². The van der Waals surface area contributed by atoms with Gasteiger partial charge >= 0.3 is 0 Å². The molecule has 1 aliphatic carbocycles. The zero-order valence-corrected chi connectivity index (χ0v) is 7.57. The molecule has 1 rings (SSSR count). The fraction of sp³-hybridized carbons (Fsp3) is 0.200. The minimum atomic E-state index is -0.173. The summed E-state index contributed by atoms with van der Waals surface area (Å²) in [7, 11) is 0. The Morgan fingerprint density at radius 2 is 1.93 bits per heavy atom. The van der Waals surface area contributed by atoms with Gasteiger partial charge in [-0.3, -0.25) is 0 Å². The van der Waals surface area contributed by atoms with Crippen LogP contribution in [0.5, 0.6) is 0 Å². The molecule has 0 N–H and O–H groups in total. The minimum absolute atomic E-state index is 0.00875. The van der Waals surface area contributed by atoms with E-state index < -0.39 is 0 Å². The van der Waals surface area contributed by atoms with Gasteiger partial charge in [0.2, 0.25) is 12.4 Å². The van der Waals surface area contributed by atoms with E-state index in [1.54, 1.807) is 25.4 Å². The summed E-state index contributed by atoms with van der Waals surface area (Å²) in [4.78, 5) is 7.07. The molecular formula is C10H8N4. The van der Waals surface area contributed by atoms with Crippen molar-refractivity contribution in [1.82, 2.24) is 0 Å². The van der Waals surface area contributed by atoms with Gasteiger partial charge in [-0.05, 0) is 37.1 Å². The highest BCUT2D eigenvalue weighted by atomic mass is 14.8. The zero-order valence-electron chi connectivity index (χ0n) is 9.57. The van der Waals surface area contributed by atoms with Gasteiger partial charge in [0.1, 0.15) is 0 Å². The van der Waals surface area contributed by atoms with E-state index in [4.69, 9.17) is 13.3 Å². The van der Waals surface area contributed by atoms with E-state index in [1.807, 2.05) is 0 Å². The smallest absolute Gasteiger partial charge is 0.173 e. The van der Waals surface area contributed by atoms with E-state index in [0.717, 1.165) is 0 Å². The number of nitriles is 2. The van der Waals surface area contributed by atoms with Gasteiger partial charge < -0.3 is 0 Å². The summed E-state index contributed by atoms with van der Waals surface area (Å²) >= 11 is 0. The maximum absolute atomic E-state index is 8.48. The lowest BCUT2D eigenvalue weighted by molar-refractivity contribution is 1.39. The van der Waals surface area contributed by atoms with Crippen LogP contribution in [0.1, 0.15) is 16.6 Å². The van der Waals surface area contributed by atoms with Crippen LogP contribution in [0, 0.1) is 22.9 Å². The molecule has 0 aromatic heterocycles. The van der Waals surface area contributed by atoms with Crippen molar-refractivity contribution in [3.63, 3.8) is 0 Å². The summed E-state index contributed by atoms with van der Waals surface area (Å²) < 4.78 is 15.1. The molecule has 0 saturated heterocycles. The molecule has 0 aromatic rings. The Morgan fingerprint density at radius 3 is 2.50 bits per heavy atom.